The van der Waals surface area contributed by atoms with Crippen LogP contribution in [0.15, 0.2) is 36.4 Å². The number of fused-ring (bicyclic) bond motifs is 1. The van der Waals surface area contributed by atoms with Gasteiger partial charge in [-0.05, 0) is 61.4 Å². The number of amides is 1. The Labute approximate surface area is 185 Å². The lowest BCUT2D eigenvalue weighted by molar-refractivity contribution is -0.123. The van der Waals surface area contributed by atoms with Gasteiger partial charge in [0.1, 0.15) is 0 Å². The van der Waals surface area contributed by atoms with Crippen LogP contribution >= 0.6 is 0 Å². The number of ether oxygens (including phenoxy) is 2. The van der Waals surface area contributed by atoms with E-state index in [4.69, 9.17) is 9.47 Å². The van der Waals surface area contributed by atoms with E-state index in [1.54, 1.807) is 14.2 Å². The maximum atomic E-state index is 12.7. The van der Waals surface area contributed by atoms with Crippen LogP contribution in [-0.2, 0) is 17.8 Å². The molecule has 4 rings (SSSR count). The third-order valence-electron chi connectivity index (χ3n) is 6.63. The predicted octanol–water partition coefficient (Wildman–Crippen LogP) is 4.42. The van der Waals surface area contributed by atoms with Gasteiger partial charge in [-0.2, -0.15) is 0 Å². The van der Waals surface area contributed by atoms with Crippen LogP contribution in [0.2, 0.25) is 0 Å². The number of benzene rings is 2. The van der Waals surface area contributed by atoms with Gasteiger partial charge in [0.05, 0.1) is 20.3 Å². The van der Waals surface area contributed by atoms with Crippen LogP contribution in [-0.4, -0.2) is 37.6 Å². The molecule has 5 nitrogen and oxygen atoms in total. The summed E-state index contributed by atoms with van der Waals surface area (Å²) in [7, 11) is 3.36. The highest BCUT2D eigenvalue weighted by atomic mass is 16.5. The Morgan fingerprint density at radius 1 is 1.13 bits per heavy atom. The lowest BCUT2D eigenvalue weighted by Crippen LogP contribution is -2.48. The quantitative estimate of drug-likeness (QED) is 0.684. The van der Waals surface area contributed by atoms with Gasteiger partial charge in [-0.3, -0.25) is 9.69 Å². The molecule has 2 aliphatic rings. The van der Waals surface area contributed by atoms with E-state index < -0.39 is 0 Å². The van der Waals surface area contributed by atoms with E-state index in [0.29, 0.717) is 0 Å². The number of carbonyl (C=O) groups is 1. The Morgan fingerprint density at radius 2 is 1.81 bits per heavy atom. The minimum absolute atomic E-state index is 0.0516. The second-order valence-electron chi connectivity index (χ2n) is 8.85. The van der Waals surface area contributed by atoms with Crippen molar-refractivity contribution < 1.29 is 14.3 Å². The molecule has 1 saturated carbocycles. The molecule has 0 radical (unpaired) electrons. The summed E-state index contributed by atoms with van der Waals surface area (Å²) in [6.07, 6.45) is 3.86. The van der Waals surface area contributed by atoms with Gasteiger partial charge in [0.25, 0.3) is 0 Å². The highest BCUT2D eigenvalue weighted by Gasteiger charge is 2.37. The van der Waals surface area contributed by atoms with E-state index in [9.17, 15) is 4.79 Å². The molecule has 0 spiro atoms. The fourth-order valence-corrected chi connectivity index (χ4v) is 4.66. The molecule has 1 amide bonds. The first-order valence-electron chi connectivity index (χ1n) is 11.4. The zero-order valence-corrected chi connectivity index (χ0v) is 19.1. The standard InChI is InChI=1S/C26H34N2O3/c1-5-22(27-26(29)19-10-11-19)25-21-15-24(31-4)23(30-3)14-20(21)12-13-28(25)16-18-8-6-17(2)7-9-18/h6-9,14-15,19,22,25H,5,10-13,16H2,1-4H3,(H,27,29). The van der Waals surface area contributed by atoms with Gasteiger partial charge >= 0.3 is 0 Å². The molecular formula is C26H34N2O3. The van der Waals surface area contributed by atoms with Crippen molar-refractivity contribution in [1.29, 1.82) is 0 Å². The molecule has 1 aliphatic heterocycles. The summed E-state index contributed by atoms with van der Waals surface area (Å²) in [6, 6.07) is 13.1. The molecule has 1 heterocycles. The Hall–Kier alpha value is -2.53. The Kier molecular flexibility index (Phi) is 6.51. The van der Waals surface area contributed by atoms with Crippen molar-refractivity contribution in [2.75, 3.05) is 20.8 Å². The van der Waals surface area contributed by atoms with E-state index in [2.05, 4.69) is 60.5 Å². The number of carbonyl (C=O) groups excluding carboxylic acids is 1. The van der Waals surface area contributed by atoms with E-state index in [-0.39, 0.29) is 23.9 Å². The third-order valence-corrected chi connectivity index (χ3v) is 6.63. The Bertz CT molecular complexity index is 921. The molecule has 1 aliphatic carbocycles. The summed E-state index contributed by atoms with van der Waals surface area (Å²) < 4.78 is 11.2. The maximum absolute atomic E-state index is 12.7. The molecule has 2 atom stereocenters. The maximum Gasteiger partial charge on any atom is 0.223 e. The van der Waals surface area contributed by atoms with Crippen LogP contribution in [0.5, 0.6) is 11.5 Å². The molecule has 2 aromatic rings. The number of hydrogen-bond donors (Lipinski definition) is 1. The van der Waals surface area contributed by atoms with Gasteiger partial charge in [0, 0.05) is 25.0 Å². The molecule has 2 unspecified atom stereocenters. The molecule has 0 bridgehead atoms. The normalized spacial score (nSPS) is 19.4. The van der Waals surface area contributed by atoms with E-state index in [1.807, 2.05) is 0 Å². The molecule has 31 heavy (non-hydrogen) atoms. The molecule has 0 aromatic heterocycles. The van der Waals surface area contributed by atoms with Crippen LogP contribution in [0.25, 0.3) is 0 Å². The SMILES string of the molecule is CCC(NC(=O)C1CC1)C1c2cc(OC)c(OC)cc2CCN1Cc1ccc(C)cc1. The average Bonchev–Trinajstić information content (AvgIpc) is 3.63. The van der Waals surface area contributed by atoms with Crippen LogP contribution in [0, 0.1) is 12.8 Å². The Morgan fingerprint density at radius 3 is 2.42 bits per heavy atom. The molecule has 1 fully saturated rings. The highest BCUT2D eigenvalue weighted by molar-refractivity contribution is 5.81. The van der Waals surface area contributed by atoms with Gasteiger partial charge < -0.3 is 14.8 Å². The number of aryl methyl sites for hydroxylation is 1. The van der Waals surface area contributed by atoms with Crippen molar-refractivity contribution in [2.45, 2.75) is 58.2 Å². The topological polar surface area (TPSA) is 50.8 Å². The first-order chi connectivity index (χ1) is 15.0. The second-order valence-corrected chi connectivity index (χ2v) is 8.85. The van der Waals surface area contributed by atoms with Gasteiger partial charge in [-0.15, -0.1) is 0 Å². The molecule has 166 valence electrons. The summed E-state index contributed by atoms with van der Waals surface area (Å²) in [5.41, 5.74) is 5.08. The molecule has 2 aromatic carbocycles. The zero-order valence-electron chi connectivity index (χ0n) is 19.1. The molecule has 1 N–H and O–H groups in total. The number of hydrogen-bond acceptors (Lipinski definition) is 4. The molecular weight excluding hydrogens is 388 g/mol. The summed E-state index contributed by atoms with van der Waals surface area (Å²) in [5.74, 6) is 1.91. The number of nitrogens with zero attached hydrogens (tertiary/aromatic N) is 1. The summed E-state index contributed by atoms with van der Waals surface area (Å²) >= 11 is 0. The van der Waals surface area contributed by atoms with Crippen molar-refractivity contribution in [3.63, 3.8) is 0 Å². The average molecular weight is 423 g/mol. The van der Waals surface area contributed by atoms with E-state index in [0.717, 1.165) is 50.3 Å². The fourth-order valence-electron chi connectivity index (χ4n) is 4.66. The summed E-state index contributed by atoms with van der Waals surface area (Å²) in [6.45, 7) is 6.08. The van der Waals surface area contributed by atoms with Crippen LogP contribution in [0.3, 0.4) is 0 Å². The van der Waals surface area contributed by atoms with Crippen molar-refractivity contribution >= 4 is 5.91 Å². The zero-order chi connectivity index (χ0) is 22.0. The van der Waals surface area contributed by atoms with Crippen molar-refractivity contribution in [3.05, 3.63) is 58.7 Å². The highest BCUT2D eigenvalue weighted by Crippen LogP contribution is 2.41. The largest absolute Gasteiger partial charge is 0.493 e. The van der Waals surface area contributed by atoms with Crippen LogP contribution < -0.4 is 14.8 Å². The first kappa shape index (κ1) is 21.7. The first-order valence-corrected chi connectivity index (χ1v) is 11.4. The second kappa shape index (κ2) is 9.31. The monoisotopic (exact) mass is 422 g/mol. The molecule has 5 heteroatoms. The number of rotatable bonds is 8. The fraction of sp³-hybridized carbons (Fsp3) is 0.500. The lowest BCUT2D eigenvalue weighted by Gasteiger charge is -2.42. The van der Waals surface area contributed by atoms with Crippen molar-refractivity contribution in [2.24, 2.45) is 5.92 Å². The number of nitrogens with one attached hydrogen (secondary N) is 1. The van der Waals surface area contributed by atoms with Gasteiger partial charge in [0.2, 0.25) is 5.91 Å². The minimum Gasteiger partial charge on any atom is -0.493 e. The lowest BCUT2D eigenvalue weighted by atomic mass is 9.86. The van der Waals surface area contributed by atoms with Crippen molar-refractivity contribution in [1.82, 2.24) is 10.2 Å². The number of methoxy groups -OCH3 is 2. The van der Waals surface area contributed by atoms with E-state index in [1.165, 1.54) is 22.3 Å². The van der Waals surface area contributed by atoms with Crippen molar-refractivity contribution in [3.8, 4) is 11.5 Å². The third kappa shape index (κ3) is 4.72. The smallest absolute Gasteiger partial charge is 0.223 e. The van der Waals surface area contributed by atoms with Gasteiger partial charge in [0.15, 0.2) is 11.5 Å². The predicted molar refractivity (Wildman–Crippen MR) is 123 cm³/mol. The van der Waals surface area contributed by atoms with Crippen LogP contribution in [0.4, 0.5) is 0 Å². The van der Waals surface area contributed by atoms with E-state index >= 15 is 0 Å². The summed E-state index contributed by atoms with van der Waals surface area (Å²) in [4.78, 5) is 15.2. The molecule has 0 saturated heterocycles. The van der Waals surface area contributed by atoms with Crippen LogP contribution in [0.1, 0.15) is 54.5 Å². The van der Waals surface area contributed by atoms with Gasteiger partial charge in [-0.25, -0.2) is 0 Å². The Balaban J connectivity index is 1.70. The van der Waals surface area contributed by atoms with Gasteiger partial charge in [-0.1, -0.05) is 36.8 Å². The minimum atomic E-state index is 0.0516. The summed E-state index contributed by atoms with van der Waals surface area (Å²) in [5, 5.41) is 3.38.